The van der Waals surface area contributed by atoms with Crippen LogP contribution in [0.5, 0.6) is 0 Å². The molecule has 0 N–H and O–H groups in total. The van der Waals surface area contributed by atoms with Gasteiger partial charge in [0.25, 0.3) is 0 Å². The monoisotopic (exact) mass is 218 g/mol. The molecule has 0 amide bonds. The Hall–Kier alpha value is -2.26. The van der Waals surface area contributed by atoms with Crippen molar-refractivity contribution in [2.24, 2.45) is 0 Å². The van der Waals surface area contributed by atoms with Crippen LogP contribution >= 0.6 is 0 Å². The van der Waals surface area contributed by atoms with Gasteiger partial charge in [-0.15, -0.1) is 0 Å². The summed E-state index contributed by atoms with van der Waals surface area (Å²) in [5.74, 6) is 6.37. The first-order valence-electron chi connectivity index (χ1n) is 5.59. The topological polar surface area (TPSA) is 0 Å². The first kappa shape index (κ1) is 11.2. The van der Waals surface area contributed by atoms with Crippen molar-refractivity contribution in [1.29, 1.82) is 0 Å². The molecule has 0 aromatic heterocycles. The lowest BCUT2D eigenvalue weighted by atomic mass is 10.0. The van der Waals surface area contributed by atoms with E-state index in [0.29, 0.717) is 0 Å². The smallest absolute Gasteiger partial charge is 0.0323 e. The Labute approximate surface area is 103 Å². The summed E-state index contributed by atoms with van der Waals surface area (Å²) in [6, 6.07) is 18.1. The Balaban J connectivity index is 2.38. The van der Waals surface area contributed by atoms with Crippen molar-refractivity contribution in [1.82, 2.24) is 0 Å². The van der Waals surface area contributed by atoms with Crippen molar-refractivity contribution in [3.63, 3.8) is 0 Å². The van der Waals surface area contributed by atoms with Gasteiger partial charge in [0.15, 0.2) is 0 Å². The second-order valence-electron chi connectivity index (χ2n) is 3.94. The molecular formula is C17H14. The summed E-state index contributed by atoms with van der Waals surface area (Å²) in [6.45, 7) is 5.98. The van der Waals surface area contributed by atoms with E-state index in [9.17, 15) is 0 Å². The zero-order valence-corrected chi connectivity index (χ0v) is 9.90. The highest BCUT2D eigenvalue weighted by Crippen LogP contribution is 2.15. The van der Waals surface area contributed by atoms with Gasteiger partial charge >= 0.3 is 0 Å². The Morgan fingerprint density at radius 2 is 1.53 bits per heavy atom. The molecule has 0 heterocycles. The summed E-state index contributed by atoms with van der Waals surface area (Å²) < 4.78 is 0. The van der Waals surface area contributed by atoms with Gasteiger partial charge < -0.3 is 0 Å². The molecule has 0 saturated heterocycles. The van der Waals surface area contributed by atoms with Crippen LogP contribution in [0.1, 0.15) is 23.6 Å². The summed E-state index contributed by atoms with van der Waals surface area (Å²) >= 11 is 0. The largest absolute Gasteiger partial charge is 0.0955 e. The molecule has 0 fully saturated rings. The molecular weight excluding hydrogens is 204 g/mol. The molecule has 2 rings (SSSR count). The normalized spacial score (nSPS) is 9.24. The van der Waals surface area contributed by atoms with Gasteiger partial charge in [-0.3, -0.25) is 0 Å². The molecule has 0 unspecified atom stereocenters. The van der Waals surface area contributed by atoms with Crippen molar-refractivity contribution < 1.29 is 0 Å². The van der Waals surface area contributed by atoms with E-state index < -0.39 is 0 Å². The van der Waals surface area contributed by atoms with E-state index in [2.05, 4.69) is 24.5 Å². The molecule has 0 radical (unpaired) electrons. The molecule has 0 spiro atoms. The minimum absolute atomic E-state index is 1.03. The van der Waals surface area contributed by atoms with E-state index in [0.717, 1.165) is 22.3 Å². The van der Waals surface area contributed by atoms with Gasteiger partial charge in [0.2, 0.25) is 0 Å². The van der Waals surface area contributed by atoms with Crippen molar-refractivity contribution in [2.75, 3.05) is 0 Å². The van der Waals surface area contributed by atoms with Crippen LogP contribution in [0.3, 0.4) is 0 Å². The zero-order chi connectivity index (χ0) is 12.1. The fourth-order valence-corrected chi connectivity index (χ4v) is 1.63. The van der Waals surface area contributed by atoms with Crippen molar-refractivity contribution in [3.8, 4) is 11.8 Å². The molecule has 0 aliphatic heterocycles. The number of allylic oxidation sites excluding steroid dienone is 1. The van der Waals surface area contributed by atoms with E-state index in [1.165, 1.54) is 0 Å². The highest BCUT2D eigenvalue weighted by atomic mass is 14.0. The van der Waals surface area contributed by atoms with Crippen LogP contribution in [0.2, 0.25) is 0 Å². The zero-order valence-electron chi connectivity index (χ0n) is 9.90. The van der Waals surface area contributed by atoms with Gasteiger partial charge in [0.05, 0.1) is 0 Å². The Morgan fingerprint density at radius 1 is 0.882 bits per heavy atom. The summed E-state index contributed by atoms with van der Waals surface area (Å²) in [6.07, 6.45) is 0. The van der Waals surface area contributed by atoms with E-state index >= 15 is 0 Å². The summed E-state index contributed by atoms with van der Waals surface area (Å²) in [4.78, 5) is 0. The third kappa shape index (κ3) is 2.86. The van der Waals surface area contributed by atoms with Crippen molar-refractivity contribution in [2.45, 2.75) is 6.92 Å². The molecule has 0 heteroatoms. The van der Waals surface area contributed by atoms with Gasteiger partial charge in [-0.05, 0) is 36.3 Å². The Morgan fingerprint density at radius 3 is 2.24 bits per heavy atom. The molecule has 0 nitrogen and oxygen atoms in total. The van der Waals surface area contributed by atoms with Crippen LogP contribution in [0.15, 0.2) is 61.2 Å². The van der Waals surface area contributed by atoms with Crippen LogP contribution in [0, 0.1) is 11.8 Å². The van der Waals surface area contributed by atoms with Gasteiger partial charge in [-0.2, -0.15) is 0 Å². The molecule has 2 aromatic rings. The second-order valence-corrected chi connectivity index (χ2v) is 3.94. The molecule has 0 aliphatic carbocycles. The van der Waals surface area contributed by atoms with Crippen molar-refractivity contribution in [3.05, 3.63) is 77.9 Å². The number of rotatable bonds is 1. The average Bonchev–Trinajstić information content (AvgIpc) is 2.38. The van der Waals surface area contributed by atoms with Crippen LogP contribution in [-0.4, -0.2) is 0 Å². The molecule has 0 aliphatic rings. The van der Waals surface area contributed by atoms with E-state index in [4.69, 9.17) is 0 Å². The predicted octanol–water partition coefficient (Wildman–Crippen LogP) is 4.12. The fraction of sp³-hybridized carbons (Fsp3) is 0.0588. The summed E-state index contributed by atoms with van der Waals surface area (Å²) in [5, 5.41) is 0. The molecule has 0 atom stereocenters. The van der Waals surface area contributed by atoms with Gasteiger partial charge in [-0.25, -0.2) is 0 Å². The van der Waals surface area contributed by atoms with E-state index in [1.54, 1.807) is 0 Å². The van der Waals surface area contributed by atoms with Gasteiger partial charge in [0.1, 0.15) is 0 Å². The minimum Gasteiger partial charge on any atom is -0.0955 e. The molecule has 0 saturated carbocycles. The number of benzene rings is 2. The van der Waals surface area contributed by atoms with Crippen molar-refractivity contribution >= 4 is 5.57 Å². The first-order chi connectivity index (χ1) is 8.27. The summed E-state index contributed by atoms with van der Waals surface area (Å²) in [7, 11) is 0. The Kier molecular flexibility index (Phi) is 3.43. The third-order valence-corrected chi connectivity index (χ3v) is 2.50. The maximum absolute atomic E-state index is 3.97. The first-order valence-corrected chi connectivity index (χ1v) is 5.59. The van der Waals surface area contributed by atoms with Crippen LogP contribution in [0.4, 0.5) is 0 Å². The predicted molar refractivity (Wildman–Crippen MR) is 73.6 cm³/mol. The lowest BCUT2D eigenvalue weighted by molar-refractivity contribution is 1.53. The molecule has 2 aromatic carbocycles. The van der Waals surface area contributed by atoms with E-state index in [1.807, 2.05) is 55.5 Å². The number of hydrogen-bond donors (Lipinski definition) is 0. The van der Waals surface area contributed by atoms with Gasteiger partial charge in [0, 0.05) is 11.1 Å². The molecule has 82 valence electrons. The third-order valence-electron chi connectivity index (χ3n) is 2.50. The lowest BCUT2D eigenvalue weighted by Gasteiger charge is -2.02. The highest BCUT2D eigenvalue weighted by molar-refractivity contribution is 5.68. The SMILES string of the molecule is C=C(C)c1ccccc1C#Cc1ccccc1. The maximum Gasteiger partial charge on any atom is 0.0323 e. The van der Waals surface area contributed by atoms with Crippen LogP contribution in [-0.2, 0) is 0 Å². The summed E-state index contributed by atoms with van der Waals surface area (Å²) in [5.41, 5.74) is 4.23. The van der Waals surface area contributed by atoms with Crippen LogP contribution in [0.25, 0.3) is 5.57 Å². The van der Waals surface area contributed by atoms with Crippen LogP contribution < -0.4 is 0 Å². The number of hydrogen-bond acceptors (Lipinski definition) is 0. The second kappa shape index (κ2) is 5.18. The molecule has 0 bridgehead atoms. The average molecular weight is 218 g/mol. The quantitative estimate of drug-likeness (QED) is 0.632. The van der Waals surface area contributed by atoms with E-state index in [-0.39, 0.29) is 0 Å². The fourth-order valence-electron chi connectivity index (χ4n) is 1.63. The standard InChI is InChI=1S/C17H14/c1-14(2)17-11-7-6-10-16(17)13-12-15-8-4-3-5-9-15/h3-11H,1H2,2H3. The Bertz CT molecular complexity index is 580. The minimum atomic E-state index is 1.03. The van der Waals surface area contributed by atoms with Gasteiger partial charge in [-0.1, -0.05) is 54.8 Å². The lowest BCUT2D eigenvalue weighted by Crippen LogP contribution is -1.85. The maximum atomic E-state index is 3.97. The highest BCUT2D eigenvalue weighted by Gasteiger charge is 1.98. The molecule has 17 heavy (non-hydrogen) atoms.